The highest BCUT2D eigenvalue weighted by Crippen LogP contribution is 2.66. The number of fused-ring (bicyclic) bond motifs is 3. The number of azide groups is 1. The van der Waals surface area contributed by atoms with Crippen LogP contribution in [-0.4, -0.2) is 139 Å². The first-order valence-electron chi connectivity index (χ1n) is 27.7. The molecule has 4 aromatic rings. The van der Waals surface area contributed by atoms with Gasteiger partial charge in [-0.15, -0.1) is 0 Å². The molecule has 38 heteroatoms. The Bertz CT molecular complexity index is 4130. The van der Waals surface area contributed by atoms with E-state index in [0.717, 1.165) is 33.9 Å². The second-order valence-corrected chi connectivity index (χ2v) is 32.6. The third-order valence-electron chi connectivity index (χ3n) is 14.6. The fourth-order valence-electron chi connectivity index (χ4n) is 10.5. The molecule has 91 heavy (non-hydrogen) atoms. The third kappa shape index (κ3) is 18.9. The van der Waals surface area contributed by atoms with Crippen LogP contribution in [0.3, 0.4) is 0 Å². The molecule has 31 nitrogen and oxygen atoms in total. The number of nitrogens with one attached hydrogen (secondary N) is 2. The molecule has 0 radical (unpaired) electrons. The highest BCUT2D eigenvalue weighted by molar-refractivity contribution is 8.77. The maximum absolute atomic E-state index is 13.2. The van der Waals surface area contributed by atoms with E-state index in [9.17, 15) is 59.0 Å². The number of H-pyrrole nitrogens is 1. The number of unbranched alkanes of at least 4 members (excludes halogenated alkanes) is 2. The highest BCUT2D eigenvalue weighted by atomic mass is 33.1. The molecular formula is C53H70N10O21P3S4+. The molecule has 3 unspecified atom stereocenters. The summed E-state index contributed by atoms with van der Waals surface area (Å²) >= 11 is 0. The summed E-state index contributed by atoms with van der Waals surface area (Å²) in [5.74, 6) is 5.53. The van der Waals surface area contributed by atoms with Gasteiger partial charge in [-0.2, -0.15) is 35.0 Å². The number of rotatable bonds is 30. The van der Waals surface area contributed by atoms with Crippen molar-refractivity contribution in [3.05, 3.63) is 116 Å². The van der Waals surface area contributed by atoms with Crippen LogP contribution in [0, 0.1) is 11.8 Å². The van der Waals surface area contributed by atoms with E-state index in [4.69, 9.17) is 39.8 Å². The van der Waals surface area contributed by atoms with E-state index >= 15 is 0 Å². The lowest BCUT2D eigenvalue weighted by atomic mass is 9.81. The van der Waals surface area contributed by atoms with Crippen molar-refractivity contribution in [3.63, 3.8) is 0 Å². The molecule has 0 saturated carbocycles. The number of ether oxygens (including phenoxy) is 3. The van der Waals surface area contributed by atoms with Gasteiger partial charge < -0.3 is 54.3 Å². The standard InChI is InChI=1S/C53H69N10O21P3S4/c1-8-61-39-22-20-35(90(73,74)75)26-37(39)52(4,5)43(61)17-11-9-12-18-44-53(6,7)38-27-36(91(76,77)78)21-23-40(38)62(44)24-14-10-13-19-45(64)56-31-51(2,3)89-88-33-79-25-15-16-34-29-63(48-47(34)49(65)59-50(54)58-48)46-28-41(80-32-57-60-55)42(82-46)30-81-86(69,70)84-87(71,72)83-85(66,67)68/h9,11-12,17-18,20-23,26-27,29,41-42,46H,8,10,13-14,19,24-25,28,30-33H2,1-7H3,(H9-,54,56,58,59,64,65,66,67,68,69,70,71,72,73,74,75,76,77,78)/p+1/t41?,42-,46-/m1/s1. The Morgan fingerprint density at radius 3 is 2.36 bits per heavy atom. The molecule has 496 valence electrons. The average molecular weight is 1400 g/mol. The monoisotopic (exact) mass is 1400 g/mol. The van der Waals surface area contributed by atoms with Crippen molar-refractivity contribution >= 4 is 105 Å². The predicted octanol–water partition coefficient (Wildman–Crippen LogP) is 8.14. The van der Waals surface area contributed by atoms with Gasteiger partial charge in [0.1, 0.15) is 38.2 Å². The van der Waals surface area contributed by atoms with E-state index in [-0.39, 0.29) is 63.6 Å². The molecule has 1 saturated heterocycles. The Morgan fingerprint density at radius 2 is 1.69 bits per heavy atom. The lowest BCUT2D eigenvalue weighted by molar-refractivity contribution is -0.438. The second kappa shape index (κ2) is 29.4. The van der Waals surface area contributed by atoms with Gasteiger partial charge in [0.05, 0.1) is 38.9 Å². The first-order chi connectivity index (χ1) is 42.4. The zero-order chi connectivity index (χ0) is 67.1. The molecule has 1 amide bonds. The lowest BCUT2D eigenvalue weighted by Crippen LogP contribution is -2.35. The van der Waals surface area contributed by atoms with Gasteiger partial charge in [0, 0.05) is 82.7 Å². The van der Waals surface area contributed by atoms with E-state index in [1.165, 1.54) is 56.6 Å². The minimum absolute atomic E-state index is 0.00138. The number of phosphoric acid groups is 3. The van der Waals surface area contributed by atoms with Gasteiger partial charge in [0.15, 0.2) is 11.4 Å². The summed E-state index contributed by atoms with van der Waals surface area (Å²) in [6, 6.07) is 9.15. The summed E-state index contributed by atoms with van der Waals surface area (Å²) in [5.41, 5.74) is 17.8. The number of phosphoric ester groups is 1. The summed E-state index contributed by atoms with van der Waals surface area (Å²) in [5, 5.41) is 6.32. The largest absolute Gasteiger partial charge is 0.490 e. The van der Waals surface area contributed by atoms with Gasteiger partial charge in [-0.3, -0.25) is 28.2 Å². The van der Waals surface area contributed by atoms with Crippen LogP contribution in [0.1, 0.15) is 103 Å². The van der Waals surface area contributed by atoms with Crippen LogP contribution in [0.2, 0.25) is 0 Å². The molecule has 3 aliphatic rings. The zero-order valence-electron chi connectivity index (χ0n) is 50.1. The number of nitrogens with zero attached hydrogens (tertiary/aromatic N) is 7. The number of hydrogen-bond acceptors (Lipinski definition) is 21. The quantitative estimate of drug-likeness (QED) is 0.00203. The normalized spacial score (nSPS) is 20.0. The number of carbonyl (C=O) groups is 1. The number of anilines is 2. The highest BCUT2D eigenvalue weighted by Gasteiger charge is 2.47. The first kappa shape index (κ1) is 72.9. The molecule has 2 aromatic carbocycles. The molecule has 0 bridgehead atoms. The Labute approximate surface area is 531 Å². The zero-order valence-corrected chi connectivity index (χ0v) is 56.1. The van der Waals surface area contributed by atoms with E-state index in [0.29, 0.717) is 38.9 Å². The predicted molar refractivity (Wildman–Crippen MR) is 338 cm³/mol. The fourth-order valence-corrected chi connectivity index (χ4v) is 16.7. The number of nitrogen functional groups attached to an aromatic ring is 1. The molecule has 2 aromatic heterocycles. The lowest BCUT2D eigenvalue weighted by Gasteiger charge is -2.25. The van der Waals surface area contributed by atoms with Crippen molar-refractivity contribution in [1.82, 2.24) is 19.9 Å². The summed E-state index contributed by atoms with van der Waals surface area (Å²) in [6.45, 7) is 13.8. The van der Waals surface area contributed by atoms with Gasteiger partial charge in [0.25, 0.3) is 25.8 Å². The molecule has 0 spiro atoms. The average Bonchev–Trinajstić information content (AvgIpc) is 1.61. The van der Waals surface area contributed by atoms with Crippen molar-refractivity contribution in [2.75, 3.05) is 56.2 Å². The van der Waals surface area contributed by atoms with E-state index < -0.39 is 96.6 Å². The van der Waals surface area contributed by atoms with E-state index in [1.807, 2.05) is 78.8 Å². The Kier molecular flexibility index (Phi) is 23.6. The molecule has 5 heterocycles. The van der Waals surface area contributed by atoms with Gasteiger partial charge >= 0.3 is 23.5 Å². The van der Waals surface area contributed by atoms with Gasteiger partial charge in [-0.25, -0.2) is 13.7 Å². The fraction of sp³-hybridized carbons (Fsp3) is 0.472. The summed E-state index contributed by atoms with van der Waals surface area (Å²) in [4.78, 5) is 74.5. The van der Waals surface area contributed by atoms with Crippen LogP contribution in [0.15, 0.2) is 98.4 Å². The summed E-state index contributed by atoms with van der Waals surface area (Å²) in [7, 11) is -23.1. The maximum Gasteiger partial charge on any atom is 0.490 e. The number of aromatic nitrogens is 3. The number of nitrogens with two attached hydrogens (primary N) is 1. The van der Waals surface area contributed by atoms with Crippen LogP contribution in [0.25, 0.3) is 21.5 Å². The van der Waals surface area contributed by atoms with Crippen LogP contribution >= 0.6 is 45.1 Å². The number of hydrogen-bond donors (Lipinski definition) is 9. The number of likely N-dealkylation sites (N-methyl/N-ethyl adjacent to an activating group) is 1. The van der Waals surface area contributed by atoms with Gasteiger partial charge in [0.2, 0.25) is 17.5 Å². The first-order valence-corrected chi connectivity index (χ1v) is 37.4. The SMILES string of the molecule is CCN1/C(=C/C=C/C=C/C2=[N+](CCCCCC(=O)NCC(C)(C)SSCOCC#Cc3cn([C@H]4CC(OCN=[N+]=[N-])[C@@H](COP(=O)(O)OP(=O)(O)OP(=O)(O)O)O4)c4nc(N)[nH]c(=O)c34)c3ccc(S(=O)(=O)O)cc3C2(C)C)C(C)(C)c2cc(S(=O)(=O)O)ccc21. The summed E-state index contributed by atoms with van der Waals surface area (Å²) in [6.07, 6.45) is 9.70. The maximum atomic E-state index is 13.2. The Hall–Kier alpha value is -5.50. The van der Waals surface area contributed by atoms with Gasteiger partial charge in [-0.05, 0) is 95.0 Å². The van der Waals surface area contributed by atoms with Crippen LogP contribution in [0.4, 0.5) is 17.3 Å². The molecule has 7 rings (SSSR count). The number of carbonyl (C=O) groups excluding carboxylic acids is 1. The molecule has 5 atom stereocenters. The molecule has 0 aliphatic carbocycles. The number of allylic oxidation sites excluding steroid dienone is 6. The van der Waals surface area contributed by atoms with Crippen LogP contribution in [-0.2, 0) is 76.9 Å². The van der Waals surface area contributed by atoms with E-state index in [1.54, 1.807) is 12.1 Å². The minimum Gasteiger partial charge on any atom is -0.369 e. The number of aromatic amines is 1. The minimum atomic E-state index is -5.84. The second-order valence-electron chi connectivity index (χ2n) is 22.4. The van der Waals surface area contributed by atoms with Crippen molar-refractivity contribution in [3.8, 4) is 11.8 Å². The van der Waals surface area contributed by atoms with E-state index in [2.05, 4.69) is 55.2 Å². The van der Waals surface area contributed by atoms with Crippen molar-refractivity contribution in [2.45, 2.75) is 124 Å². The molecular weight excluding hydrogens is 1330 g/mol. The van der Waals surface area contributed by atoms with Crippen molar-refractivity contribution in [1.29, 1.82) is 0 Å². The van der Waals surface area contributed by atoms with Crippen molar-refractivity contribution in [2.24, 2.45) is 5.11 Å². The Balaban J connectivity index is 0.898. The van der Waals surface area contributed by atoms with Crippen LogP contribution in [0.5, 0.6) is 0 Å². The summed E-state index contributed by atoms with van der Waals surface area (Å²) < 4.78 is 136. The molecule has 10 N–H and O–H groups in total. The Morgan fingerprint density at radius 1 is 1.00 bits per heavy atom. The third-order valence-corrected chi connectivity index (χ3v) is 23.1. The number of amides is 1. The van der Waals surface area contributed by atoms with Crippen LogP contribution < -0.4 is 21.5 Å². The van der Waals surface area contributed by atoms with Gasteiger partial charge in [-0.1, -0.05) is 70.6 Å². The van der Waals surface area contributed by atoms with Crippen molar-refractivity contribution < 1.29 is 95.9 Å². The molecule has 1 fully saturated rings. The smallest absolute Gasteiger partial charge is 0.369 e. The number of benzene rings is 2. The topological polar surface area (TPSA) is 457 Å². The molecule has 3 aliphatic heterocycles.